The van der Waals surface area contributed by atoms with Crippen molar-refractivity contribution in [1.29, 1.82) is 0 Å². The molecule has 2 N–H and O–H groups in total. The number of thiocarbonyl (C=S) groups is 1. The summed E-state index contributed by atoms with van der Waals surface area (Å²) in [7, 11) is 0. The number of hydrogen-bond donors (Lipinski definition) is 2. The van der Waals surface area contributed by atoms with Crippen molar-refractivity contribution in [3.8, 4) is 0 Å². The number of pyridine rings is 1. The fraction of sp³-hybridized carbons (Fsp3) is 0.393. The van der Waals surface area contributed by atoms with Crippen LogP contribution in [-0.2, 0) is 11.2 Å². The van der Waals surface area contributed by atoms with E-state index in [1.54, 1.807) is 0 Å². The van der Waals surface area contributed by atoms with E-state index in [0.717, 1.165) is 23.4 Å². The highest BCUT2D eigenvalue weighted by molar-refractivity contribution is 7.80. The summed E-state index contributed by atoms with van der Waals surface area (Å²) < 4.78 is 2.37. The summed E-state index contributed by atoms with van der Waals surface area (Å²) in [6.07, 6.45) is 12.6. The fourth-order valence-corrected chi connectivity index (χ4v) is 5.76. The Labute approximate surface area is 212 Å². The van der Waals surface area contributed by atoms with Crippen LogP contribution in [0, 0.1) is 0 Å². The minimum atomic E-state index is -0.0630. The number of carbonyl (C=O) groups excluding carboxylic acids is 1. The SMILES string of the molecule is CCc1ccccc1NC(=O)CCN1C(=S)NC(c2ccccn2)C1c1ccn(C2CCCC2)c1. The lowest BCUT2D eigenvalue weighted by molar-refractivity contribution is -0.116. The van der Waals surface area contributed by atoms with E-state index in [0.29, 0.717) is 24.1 Å². The van der Waals surface area contributed by atoms with Crippen LogP contribution in [0.2, 0.25) is 0 Å². The summed E-state index contributed by atoms with van der Waals surface area (Å²) in [4.78, 5) is 19.7. The topological polar surface area (TPSA) is 62.2 Å². The van der Waals surface area contributed by atoms with Crippen molar-refractivity contribution in [1.82, 2.24) is 19.8 Å². The van der Waals surface area contributed by atoms with Gasteiger partial charge in [0.15, 0.2) is 5.11 Å². The van der Waals surface area contributed by atoms with E-state index >= 15 is 0 Å². The predicted octanol–water partition coefficient (Wildman–Crippen LogP) is 5.56. The van der Waals surface area contributed by atoms with Crippen molar-refractivity contribution < 1.29 is 4.79 Å². The quantitative estimate of drug-likeness (QED) is 0.407. The third-order valence-corrected chi connectivity index (χ3v) is 7.63. The van der Waals surface area contributed by atoms with Gasteiger partial charge >= 0.3 is 0 Å². The molecule has 1 saturated heterocycles. The first kappa shape index (κ1) is 23.5. The first-order chi connectivity index (χ1) is 17.1. The Kier molecular flexibility index (Phi) is 7.13. The molecule has 182 valence electrons. The zero-order valence-corrected chi connectivity index (χ0v) is 21.0. The van der Waals surface area contributed by atoms with E-state index in [9.17, 15) is 4.79 Å². The maximum absolute atomic E-state index is 12.9. The van der Waals surface area contributed by atoms with Crippen molar-refractivity contribution in [2.75, 3.05) is 11.9 Å². The number of hydrogen-bond acceptors (Lipinski definition) is 3. The Balaban J connectivity index is 1.36. The van der Waals surface area contributed by atoms with Gasteiger partial charge < -0.3 is 20.1 Å². The molecule has 5 rings (SSSR count). The van der Waals surface area contributed by atoms with Crippen molar-refractivity contribution >= 4 is 28.9 Å². The second-order valence-corrected chi connectivity index (χ2v) is 9.85. The van der Waals surface area contributed by atoms with Crippen LogP contribution >= 0.6 is 12.2 Å². The molecule has 1 saturated carbocycles. The number of benzene rings is 1. The molecular weight excluding hydrogens is 454 g/mol. The third kappa shape index (κ3) is 5.10. The Morgan fingerprint density at radius 1 is 1.14 bits per heavy atom. The van der Waals surface area contributed by atoms with E-state index in [1.165, 1.54) is 31.2 Å². The molecule has 3 aromatic rings. The van der Waals surface area contributed by atoms with E-state index in [2.05, 4.69) is 56.5 Å². The lowest BCUT2D eigenvalue weighted by Gasteiger charge is -2.27. The smallest absolute Gasteiger partial charge is 0.226 e. The van der Waals surface area contributed by atoms with E-state index in [1.807, 2.05) is 42.6 Å². The van der Waals surface area contributed by atoms with Gasteiger partial charge in [-0.3, -0.25) is 9.78 Å². The number of rotatable bonds is 8. The molecule has 2 aliphatic rings. The first-order valence-electron chi connectivity index (χ1n) is 12.7. The average molecular weight is 488 g/mol. The summed E-state index contributed by atoms with van der Waals surface area (Å²) in [6, 6.07) is 16.7. The molecule has 1 amide bonds. The van der Waals surface area contributed by atoms with Crippen molar-refractivity contribution in [2.24, 2.45) is 0 Å². The zero-order chi connectivity index (χ0) is 24.2. The monoisotopic (exact) mass is 487 g/mol. The molecular formula is C28H33N5OS. The summed E-state index contributed by atoms with van der Waals surface area (Å²) in [5.41, 5.74) is 4.19. The average Bonchev–Trinajstić information content (AvgIpc) is 3.64. The lowest BCUT2D eigenvalue weighted by Crippen LogP contribution is -2.32. The Hall–Kier alpha value is -3.19. The van der Waals surface area contributed by atoms with Crippen LogP contribution < -0.4 is 10.6 Å². The van der Waals surface area contributed by atoms with Crippen LogP contribution in [0.15, 0.2) is 67.1 Å². The molecule has 7 heteroatoms. The van der Waals surface area contributed by atoms with Gasteiger partial charge in [-0.05, 0) is 66.9 Å². The summed E-state index contributed by atoms with van der Waals surface area (Å²) in [6.45, 7) is 2.63. The van der Waals surface area contributed by atoms with E-state index in [4.69, 9.17) is 12.2 Å². The number of aryl methyl sites for hydroxylation is 1. The summed E-state index contributed by atoms with van der Waals surface area (Å²) in [5, 5.41) is 7.25. The minimum absolute atomic E-state index is 0.00254. The number of para-hydroxylation sites is 1. The van der Waals surface area contributed by atoms with Gasteiger partial charge in [-0.1, -0.05) is 44.0 Å². The van der Waals surface area contributed by atoms with Crippen molar-refractivity contribution in [3.63, 3.8) is 0 Å². The second kappa shape index (κ2) is 10.6. The van der Waals surface area contributed by atoms with Gasteiger partial charge in [0.25, 0.3) is 0 Å². The van der Waals surface area contributed by atoms with Crippen LogP contribution in [0.4, 0.5) is 5.69 Å². The normalized spacial score (nSPS) is 20.3. The highest BCUT2D eigenvalue weighted by Crippen LogP contribution is 2.40. The Morgan fingerprint density at radius 2 is 1.94 bits per heavy atom. The van der Waals surface area contributed by atoms with Gasteiger partial charge in [0.2, 0.25) is 5.91 Å². The second-order valence-electron chi connectivity index (χ2n) is 9.46. The molecule has 1 aliphatic carbocycles. The van der Waals surface area contributed by atoms with Crippen LogP contribution in [0.1, 0.15) is 74.0 Å². The number of aromatic nitrogens is 2. The maximum Gasteiger partial charge on any atom is 0.226 e. The molecule has 2 unspecified atom stereocenters. The Morgan fingerprint density at radius 3 is 2.71 bits per heavy atom. The molecule has 2 aromatic heterocycles. The lowest BCUT2D eigenvalue weighted by atomic mass is 9.99. The molecule has 6 nitrogen and oxygen atoms in total. The minimum Gasteiger partial charge on any atom is -0.352 e. The Bertz CT molecular complexity index is 1170. The van der Waals surface area contributed by atoms with Crippen molar-refractivity contribution in [3.05, 3.63) is 83.9 Å². The van der Waals surface area contributed by atoms with Gasteiger partial charge in [-0.15, -0.1) is 0 Å². The van der Waals surface area contributed by atoms with E-state index < -0.39 is 0 Å². The number of carbonyl (C=O) groups is 1. The molecule has 3 heterocycles. The molecule has 2 fully saturated rings. The molecule has 1 aromatic carbocycles. The zero-order valence-electron chi connectivity index (χ0n) is 20.2. The number of nitrogens with zero attached hydrogens (tertiary/aromatic N) is 3. The molecule has 35 heavy (non-hydrogen) atoms. The summed E-state index contributed by atoms with van der Waals surface area (Å²) in [5.74, 6) is -0.00254. The maximum atomic E-state index is 12.9. The molecule has 1 aliphatic heterocycles. The standard InChI is InChI=1S/C28H33N5OS/c1-2-20-9-3-6-12-23(20)30-25(34)15-18-33-27(21-14-17-32(19-21)22-10-4-5-11-22)26(31-28(33)35)24-13-7-8-16-29-24/h3,6-9,12-14,16-17,19,22,26-27H,2,4-5,10-11,15,18H2,1H3,(H,30,34)(H,31,35). The van der Waals surface area contributed by atoms with Gasteiger partial charge in [0, 0.05) is 43.3 Å². The fourth-order valence-electron chi connectivity index (χ4n) is 5.43. The van der Waals surface area contributed by atoms with Crippen LogP contribution in [0.5, 0.6) is 0 Å². The van der Waals surface area contributed by atoms with Gasteiger partial charge in [-0.2, -0.15) is 0 Å². The number of nitrogens with one attached hydrogen (secondary N) is 2. The molecule has 0 radical (unpaired) electrons. The number of anilines is 1. The van der Waals surface area contributed by atoms with Gasteiger partial charge in [0.05, 0.1) is 17.8 Å². The van der Waals surface area contributed by atoms with Crippen LogP contribution in [0.25, 0.3) is 0 Å². The van der Waals surface area contributed by atoms with E-state index in [-0.39, 0.29) is 18.0 Å². The number of amides is 1. The highest BCUT2D eigenvalue weighted by Gasteiger charge is 2.40. The summed E-state index contributed by atoms with van der Waals surface area (Å²) >= 11 is 5.78. The van der Waals surface area contributed by atoms with Crippen LogP contribution in [0.3, 0.4) is 0 Å². The van der Waals surface area contributed by atoms with Crippen LogP contribution in [-0.4, -0.2) is 32.0 Å². The van der Waals surface area contributed by atoms with Gasteiger partial charge in [-0.25, -0.2) is 0 Å². The first-order valence-corrected chi connectivity index (χ1v) is 13.1. The van der Waals surface area contributed by atoms with Gasteiger partial charge in [0.1, 0.15) is 0 Å². The largest absolute Gasteiger partial charge is 0.352 e. The third-order valence-electron chi connectivity index (χ3n) is 7.28. The molecule has 2 atom stereocenters. The molecule has 0 spiro atoms. The molecule has 0 bridgehead atoms. The van der Waals surface area contributed by atoms with Crippen molar-refractivity contribution in [2.45, 2.75) is 63.6 Å². The highest BCUT2D eigenvalue weighted by atomic mass is 32.1. The predicted molar refractivity (Wildman–Crippen MR) is 143 cm³/mol.